The number of ether oxygens (including phenoxy) is 1. The molecule has 8 heteroatoms. The van der Waals surface area contributed by atoms with E-state index in [9.17, 15) is 14.9 Å². The molecule has 0 spiro atoms. The number of nitrogens with one attached hydrogen (secondary N) is 1. The van der Waals surface area contributed by atoms with E-state index >= 15 is 0 Å². The van der Waals surface area contributed by atoms with E-state index in [4.69, 9.17) is 10.5 Å². The van der Waals surface area contributed by atoms with Crippen LogP contribution in [-0.2, 0) is 27.2 Å². The Balaban J connectivity index is 1.58. The van der Waals surface area contributed by atoms with E-state index in [2.05, 4.69) is 11.4 Å². The van der Waals surface area contributed by atoms with Gasteiger partial charge >= 0.3 is 0 Å². The number of likely N-dealkylation sites (N-methyl/N-ethyl adjacent to an activating group) is 1. The van der Waals surface area contributed by atoms with Gasteiger partial charge in [0.1, 0.15) is 0 Å². The Morgan fingerprint density at radius 1 is 1.43 bits per heavy atom. The molecule has 3 heterocycles. The molecule has 2 aliphatic rings. The molecule has 1 fully saturated rings. The Morgan fingerprint density at radius 3 is 3.03 bits per heavy atom. The van der Waals surface area contributed by atoms with Gasteiger partial charge in [0.15, 0.2) is 5.60 Å². The molecule has 1 aromatic carbocycles. The number of anilines is 1. The number of hydrogen-bond donors (Lipinski definition) is 2. The van der Waals surface area contributed by atoms with Crippen LogP contribution in [0.2, 0.25) is 0 Å². The van der Waals surface area contributed by atoms with Crippen molar-refractivity contribution in [2.75, 3.05) is 31.6 Å². The highest BCUT2D eigenvalue weighted by atomic mass is 32.1. The van der Waals surface area contributed by atoms with Crippen molar-refractivity contribution < 1.29 is 14.3 Å². The number of primary amides is 1. The first-order valence-electron chi connectivity index (χ1n) is 9.97. The van der Waals surface area contributed by atoms with Crippen molar-refractivity contribution in [3.63, 3.8) is 0 Å². The van der Waals surface area contributed by atoms with Gasteiger partial charge in [-0.1, -0.05) is 12.1 Å². The minimum atomic E-state index is -1.33. The lowest BCUT2D eigenvalue weighted by Crippen LogP contribution is -2.57. The molecule has 1 saturated heterocycles. The van der Waals surface area contributed by atoms with E-state index in [1.807, 2.05) is 30.3 Å². The highest BCUT2D eigenvalue weighted by molar-refractivity contribution is 7.15. The molecule has 156 valence electrons. The third-order valence-electron chi connectivity index (χ3n) is 5.89. The molecule has 3 N–H and O–H groups in total. The van der Waals surface area contributed by atoms with Gasteiger partial charge in [0.05, 0.1) is 18.4 Å². The van der Waals surface area contributed by atoms with E-state index in [-0.39, 0.29) is 12.5 Å². The number of rotatable bonds is 5. The maximum absolute atomic E-state index is 12.3. The number of nitrogens with zero attached hydrogens (tertiary/aromatic N) is 2. The Labute approximate surface area is 179 Å². The molecule has 2 aliphatic heterocycles. The predicted octanol–water partition coefficient (Wildman–Crippen LogP) is 1.85. The molecule has 2 atom stereocenters. The molecule has 2 aromatic rings. The fourth-order valence-corrected chi connectivity index (χ4v) is 5.13. The summed E-state index contributed by atoms with van der Waals surface area (Å²) in [4.78, 5) is 27.9. The van der Waals surface area contributed by atoms with Crippen LogP contribution in [0.1, 0.15) is 16.9 Å². The van der Waals surface area contributed by atoms with Gasteiger partial charge in [-0.15, -0.1) is 11.3 Å². The van der Waals surface area contributed by atoms with Gasteiger partial charge in [0.2, 0.25) is 5.91 Å². The normalized spacial score (nSPS) is 22.3. The summed E-state index contributed by atoms with van der Waals surface area (Å²) in [5.74, 6) is -1.19. The van der Waals surface area contributed by atoms with Crippen LogP contribution in [0.5, 0.6) is 0 Å². The van der Waals surface area contributed by atoms with Gasteiger partial charge in [-0.3, -0.25) is 9.59 Å². The van der Waals surface area contributed by atoms with Gasteiger partial charge in [0.25, 0.3) is 5.91 Å². The van der Waals surface area contributed by atoms with E-state index in [1.165, 1.54) is 0 Å². The SMILES string of the molecule is CN1C(=O)Cc2ccc(-c3ccc(C[C@@H](C#N)C4(C(N)=O)CNCCCO4)s3)cc21. The van der Waals surface area contributed by atoms with Crippen molar-refractivity contribution >= 4 is 28.8 Å². The zero-order valence-electron chi connectivity index (χ0n) is 16.8. The first-order chi connectivity index (χ1) is 14.4. The van der Waals surface area contributed by atoms with Gasteiger partial charge in [-0.2, -0.15) is 5.26 Å². The molecule has 7 nitrogen and oxygen atoms in total. The van der Waals surface area contributed by atoms with Crippen LogP contribution in [0.3, 0.4) is 0 Å². The number of carbonyl (C=O) groups is 2. The van der Waals surface area contributed by atoms with Crippen LogP contribution in [0.15, 0.2) is 30.3 Å². The molecular weight excluding hydrogens is 400 g/mol. The number of benzene rings is 1. The van der Waals surface area contributed by atoms with E-state index < -0.39 is 17.4 Å². The average molecular weight is 425 g/mol. The minimum absolute atomic E-state index is 0.0969. The number of nitriles is 1. The molecule has 0 bridgehead atoms. The summed E-state index contributed by atoms with van der Waals surface area (Å²) < 4.78 is 5.85. The van der Waals surface area contributed by atoms with Crippen LogP contribution in [0.25, 0.3) is 10.4 Å². The van der Waals surface area contributed by atoms with Gasteiger partial charge in [-0.05, 0) is 42.3 Å². The smallest absolute Gasteiger partial charge is 0.252 e. The van der Waals surface area contributed by atoms with Crippen LogP contribution >= 0.6 is 11.3 Å². The monoisotopic (exact) mass is 424 g/mol. The Morgan fingerprint density at radius 2 is 2.27 bits per heavy atom. The maximum Gasteiger partial charge on any atom is 0.252 e. The van der Waals surface area contributed by atoms with Crippen LogP contribution in [0.4, 0.5) is 5.69 Å². The van der Waals surface area contributed by atoms with Crippen molar-refractivity contribution in [1.29, 1.82) is 5.26 Å². The minimum Gasteiger partial charge on any atom is -0.367 e. The Hall–Kier alpha value is -2.73. The topological polar surface area (TPSA) is 108 Å². The molecule has 1 unspecified atom stereocenters. The van der Waals surface area contributed by atoms with E-state index in [0.29, 0.717) is 19.4 Å². The van der Waals surface area contributed by atoms with Crippen molar-refractivity contribution in [2.45, 2.75) is 24.9 Å². The fourth-order valence-electron chi connectivity index (χ4n) is 4.08. The Kier molecular flexibility index (Phi) is 5.60. The second-order valence-corrected chi connectivity index (χ2v) is 8.93. The maximum atomic E-state index is 12.3. The molecular formula is C22H24N4O3S. The zero-order chi connectivity index (χ0) is 21.3. The number of carbonyl (C=O) groups excluding carboxylic acids is 2. The highest BCUT2D eigenvalue weighted by Gasteiger charge is 2.46. The third kappa shape index (κ3) is 3.60. The van der Waals surface area contributed by atoms with E-state index in [0.717, 1.165) is 39.5 Å². The second-order valence-electron chi connectivity index (χ2n) is 7.76. The summed E-state index contributed by atoms with van der Waals surface area (Å²) in [5, 5.41) is 13.0. The summed E-state index contributed by atoms with van der Waals surface area (Å²) in [5.41, 5.74) is 7.36. The number of fused-ring (bicyclic) bond motifs is 1. The lowest BCUT2D eigenvalue weighted by molar-refractivity contribution is -0.147. The van der Waals surface area contributed by atoms with Crippen molar-refractivity contribution in [3.05, 3.63) is 40.8 Å². The van der Waals surface area contributed by atoms with Crippen LogP contribution < -0.4 is 16.0 Å². The highest BCUT2D eigenvalue weighted by Crippen LogP contribution is 2.37. The first-order valence-corrected chi connectivity index (χ1v) is 10.8. The standard InChI is InChI=1S/C22H24N4O3S/c1-26-18-9-15(4-3-14(18)10-20(26)27)19-6-5-17(30-19)11-16(12-23)22(21(24)28)13-25-7-2-8-29-22/h3-6,9,16,25H,2,7-8,10-11,13H2,1H3,(H2,24,28)/t16-,22?/m0/s1. The van der Waals surface area contributed by atoms with E-state index in [1.54, 1.807) is 23.3 Å². The molecule has 30 heavy (non-hydrogen) atoms. The van der Waals surface area contributed by atoms with Gasteiger partial charge < -0.3 is 20.7 Å². The number of amides is 2. The quantitative estimate of drug-likeness (QED) is 0.761. The molecule has 0 saturated carbocycles. The Bertz CT molecular complexity index is 1020. The van der Waals surface area contributed by atoms with Gasteiger partial charge in [0, 0.05) is 42.1 Å². The van der Waals surface area contributed by atoms with Crippen LogP contribution in [-0.4, -0.2) is 44.2 Å². The van der Waals surface area contributed by atoms with Crippen molar-refractivity contribution in [2.24, 2.45) is 11.7 Å². The summed E-state index contributed by atoms with van der Waals surface area (Å²) in [7, 11) is 1.79. The molecule has 4 rings (SSSR count). The fraction of sp³-hybridized carbons (Fsp3) is 0.409. The predicted molar refractivity (Wildman–Crippen MR) is 115 cm³/mol. The van der Waals surface area contributed by atoms with Crippen LogP contribution in [0, 0.1) is 17.2 Å². The molecule has 2 amide bonds. The lowest BCUT2D eigenvalue weighted by atomic mass is 9.84. The van der Waals surface area contributed by atoms with Crippen molar-refractivity contribution in [3.8, 4) is 16.5 Å². The third-order valence-corrected chi connectivity index (χ3v) is 7.05. The second kappa shape index (κ2) is 8.19. The van der Waals surface area contributed by atoms with Crippen molar-refractivity contribution in [1.82, 2.24) is 5.32 Å². The first kappa shape index (κ1) is 20.5. The average Bonchev–Trinajstić information content (AvgIpc) is 3.21. The number of nitrogens with two attached hydrogens (primary N) is 1. The summed E-state index contributed by atoms with van der Waals surface area (Å²) in [6.07, 6.45) is 1.59. The largest absolute Gasteiger partial charge is 0.367 e. The summed E-state index contributed by atoms with van der Waals surface area (Å²) in [6.45, 7) is 1.36. The summed E-state index contributed by atoms with van der Waals surface area (Å²) >= 11 is 1.57. The molecule has 0 radical (unpaired) electrons. The number of thiophene rings is 1. The lowest BCUT2D eigenvalue weighted by Gasteiger charge is -2.33. The number of hydrogen-bond acceptors (Lipinski definition) is 6. The molecule has 0 aliphatic carbocycles. The zero-order valence-corrected chi connectivity index (χ0v) is 17.6. The summed E-state index contributed by atoms with van der Waals surface area (Å²) in [6, 6.07) is 12.3. The molecule has 1 aromatic heterocycles. The van der Waals surface area contributed by atoms with Gasteiger partial charge in [-0.25, -0.2) is 0 Å².